The number of hydrogen-bond donors (Lipinski definition) is 0. The van der Waals surface area contributed by atoms with Gasteiger partial charge < -0.3 is 9.47 Å². The molecule has 0 N–H and O–H groups in total. The average molecular weight is 253 g/mol. The van der Waals surface area contributed by atoms with Crippen molar-refractivity contribution in [2.75, 3.05) is 21.3 Å². The third-order valence-electron chi connectivity index (χ3n) is 2.59. The molecular weight excluding hydrogens is 234 g/mol. The van der Waals surface area contributed by atoms with Gasteiger partial charge >= 0.3 is 0 Å². The van der Waals surface area contributed by atoms with Crippen molar-refractivity contribution in [2.24, 2.45) is 0 Å². The van der Waals surface area contributed by atoms with E-state index in [4.69, 9.17) is 14.3 Å². The second-order valence-corrected chi connectivity index (χ2v) is 3.82. The molecule has 0 heterocycles. The number of methoxy groups -OCH3 is 1. The van der Waals surface area contributed by atoms with E-state index < -0.39 is 6.10 Å². The standard InChI is InChI=1S/C13H19NO4/c1-10(13(15)14(2)17-4)18-9-11-5-7-12(16-3)8-6-11/h5-8,10H,9H2,1-4H3/t10-/m1/s1. The molecular formula is C13H19NO4. The Labute approximate surface area is 107 Å². The molecule has 1 aromatic carbocycles. The van der Waals surface area contributed by atoms with Crippen LogP contribution >= 0.6 is 0 Å². The number of carbonyl (C=O) groups is 1. The average Bonchev–Trinajstić information content (AvgIpc) is 2.43. The van der Waals surface area contributed by atoms with Crippen LogP contribution in [0.25, 0.3) is 0 Å². The number of carbonyl (C=O) groups excluding carboxylic acids is 1. The lowest BCUT2D eigenvalue weighted by atomic mass is 10.2. The molecule has 0 bridgehead atoms. The molecule has 1 rings (SSSR count). The van der Waals surface area contributed by atoms with Gasteiger partial charge in [-0.2, -0.15) is 0 Å². The third-order valence-corrected chi connectivity index (χ3v) is 2.59. The molecule has 0 saturated carbocycles. The van der Waals surface area contributed by atoms with E-state index in [0.717, 1.165) is 16.4 Å². The summed E-state index contributed by atoms with van der Waals surface area (Å²) in [7, 11) is 4.61. The second-order valence-electron chi connectivity index (χ2n) is 3.82. The van der Waals surface area contributed by atoms with Crippen LogP contribution < -0.4 is 4.74 Å². The highest BCUT2D eigenvalue weighted by molar-refractivity contribution is 5.79. The molecule has 0 fully saturated rings. The van der Waals surface area contributed by atoms with Gasteiger partial charge in [0.1, 0.15) is 11.9 Å². The van der Waals surface area contributed by atoms with Crippen molar-refractivity contribution in [1.29, 1.82) is 0 Å². The number of benzene rings is 1. The zero-order chi connectivity index (χ0) is 13.5. The monoisotopic (exact) mass is 253 g/mol. The molecule has 0 unspecified atom stereocenters. The Morgan fingerprint density at radius 2 is 1.89 bits per heavy atom. The molecule has 1 aromatic rings. The van der Waals surface area contributed by atoms with E-state index in [1.54, 1.807) is 21.1 Å². The van der Waals surface area contributed by atoms with E-state index in [1.165, 1.54) is 7.11 Å². The van der Waals surface area contributed by atoms with Crippen LogP contribution in [0.5, 0.6) is 5.75 Å². The number of hydrogen-bond acceptors (Lipinski definition) is 4. The van der Waals surface area contributed by atoms with E-state index in [0.29, 0.717) is 6.61 Å². The van der Waals surface area contributed by atoms with Gasteiger partial charge in [0, 0.05) is 7.05 Å². The first-order valence-electron chi connectivity index (χ1n) is 5.64. The highest BCUT2D eigenvalue weighted by atomic mass is 16.7. The van der Waals surface area contributed by atoms with Crippen molar-refractivity contribution in [3.63, 3.8) is 0 Å². The molecule has 0 spiro atoms. The van der Waals surface area contributed by atoms with E-state index in [2.05, 4.69) is 0 Å². The van der Waals surface area contributed by atoms with Crippen LogP contribution in [-0.2, 0) is 21.0 Å². The maximum absolute atomic E-state index is 11.7. The topological polar surface area (TPSA) is 48.0 Å². The normalized spacial score (nSPS) is 12.0. The zero-order valence-corrected chi connectivity index (χ0v) is 11.2. The minimum atomic E-state index is -0.544. The predicted octanol–water partition coefficient (Wildman–Crippen LogP) is 1.62. The number of amides is 1. The first-order chi connectivity index (χ1) is 8.58. The number of likely N-dealkylation sites (N-methyl/N-ethyl adjacent to an activating group) is 1. The first kappa shape index (κ1) is 14.5. The quantitative estimate of drug-likeness (QED) is 0.723. The maximum atomic E-state index is 11.7. The number of rotatable bonds is 6. The highest BCUT2D eigenvalue weighted by Crippen LogP contribution is 2.12. The Bertz CT molecular complexity index is 377. The largest absolute Gasteiger partial charge is 0.497 e. The minimum Gasteiger partial charge on any atom is -0.497 e. The lowest BCUT2D eigenvalue weighted by Gasteiger charge is -2.19. The second kappa shape index (κ2) is 6.98. The molecule has 0 aliphatic carbocycles. The Kier molecular flexibility index (Phi) is 5.61. The molecule has 5 nitrogen and oxygen atoms in total. The molecule has 0 saturated heterocycles. The van der Waals surface area contributed by atoms with Crippen LogP contribution in [0.3, 0.4) is 0 Å². The molecule has 0 radical (unpaired) electrons. The van der Waals surface area contributed by atoms with E-state index in [-0.39, 0.29) is 5.91 Å². The lowest BCUT2D eigenvalue weighted by molar-refractivity contribution is -0.180. The summed E-state index contributed by atoms with van der Waals surface area (Å²) in [6, 6.07) is 7.51. The zero-order valence-electron chi connectivity index (χ0n) is 11.2. The van der Waals surface area contributed by atoms with Gasteiger partial charge in [-0.1, -0.05) is 12.1 Å². The summed E-state index contributed by atoms with van der Waals surface area (Å²) in [5, 5.41) is 1.15. The minimum absolute atomic E-state index is 0.217. The molecule has 5 heteroatoms. The van der Waals surface area contributed by atoms with Gasteiger partial charge in [-0.15, -0.1) is 0 Å². The fourth-order valence-corrected chi connectivity index (χ4v) is 1.36. The summed E-state index contributed by atoms with van der Waals surface area (Å²) >= 11 is 0. The summed E-state index contributed by atoms with van der Waals surface area (Å²) in [6.45, 7) is 2.07. The van der Waals surface area contributed by atoms with E-state index in [9.17, 15) is 4.79 Å². The molecule has 0 aromatic heterocycles. The number of ether oxygens (including phenoxy) is 2. The first-order valence-corrected chi connectivity index (χ1v) is 5.64. The summed E-state index contributed by atoms with van der Waals surface area (Å²) in [4.78, 5) is 16.5. The molecule has 1 atom stereocenters. The predicted molar refractivity (Wildman–Crippen MR) is 67.0 cm³/mol. The fraction of sp³-hybridized carbons (Fsp3) is 0.462. The van der Waals surface area contributed by atoms with E-state index >= 15 is 0 Å². The van der Waals surface area contributed by atoms with Crippen molar-refractivity contribution < 1.29 is 19.1 Å². The van der Waals surface area contributed by atoms with Crippen LogP contribution in [-0.4, -0.2) is 38.3 Å². The van der Waals surface area contributed by atoms with Gasteiger partial charge in [-0.25, -0.2) is 5.06 Å². The van der Waals surface area contributed by atoms with Gasteiger partial charge in [0.05, 0.1) is 20.8 Å². The maximum Gasteiger partial charge on any atom is 0.274 e. The van der Waals surface area contributed by atoms with Crippen LogP contribution in [0.2, 0.25) is 0 Å². The number of nitrogens with zero attached hydrogens (tertiary/aromatic N) is 1. The van der Waals surface area contributed by atoms with Crippen molar-refractivity contribution in [2.45, 2.75) is 19.6 Å². The lowest BCUT2D eigenvalue weighted by Crippen LogP contribution is -2.35. The van der Waals surface area contributed by atoms with E-state index in [1.807, 2.05) is 24.3 Å². The highest BCUT2D eigenvalue weighted by Gasteiger charge is 2.17. The van der Waals surface area contributed by atoms with Crippen LogP contribution in [0, 0.1) is 0 Å². The van der Waals surface area contributed by atoms with Crippen molar-refractivity contribution in [3.05, 3.63) is 29.8 Å². The SMILES string of the molecule is COc1ccc(CO[C@H](C)C(=O)N(C)OC)cc1. The summed E-state index contributed by atoms with van der Waals surface area (Å²) in [5.41, 5.74) is 0.982. The van der Waals surface area contributed by atoms with Crippen molar-refractivity contribution in [3.8, 4) is 5.75 Å². The summed E-state index contributed by atoms with van der Waals surface area (Å²) in [5.74, 6) is 0.577. The third kappa shape index (κ3) is 4.01. The number of hydroxylamine groups is 2. The Morgan fingerprint density at radius 1 is 1.28 bits per heavy atom. The van der Waals surface area contributed by atoms with Gasteiger partial charge in [0.2, 0.25) is 0 Å². The Hall–Kier alpha value is -1.59. The van der Waals surface area contributed by atoms with Crippen LogP contribution in [0.1, 0.15) is 12.5 Å². The molecule has 0 aliphatic heterocycles. The molecule has 100 valence electrons. The summed E-state index contributed by atoms with van der Waals surface area (Å²) < 4.78 is 10.5. The van der Waals surface area contributed by atoms with Gasteiger partial charge in [0.25, 0.3) is 5.91 Å². The summed E-state index contributed by atoms with van der Waals surface area (Å²) in [6.07, 6.45) is -0.544. The Morgan fingerprint density at radius 3 is 2.39 bits per heavy atom. The van der Waals surface area contributed by atoms with Crippen molar-refractivity contribution in [1.82, 2.24) is 5.06 Å². The van der Waals surface area contributed by atoms with Crippen molar-refractivity contribution >= 4 is 5.91 Å². The van der Waals surface area contributed by atoms with Gasteiger partial charge in [0.15, 0.2) is 0 Å². The van der Waals surface area contributed by atoms with Gasteiger partial charge in [-0.05, 0) is 24.6 Å². The molecule has 1 amide bonds. The Balaban J connectivity index is 2.46. The molecule has 18 heavy (non-hydrogen) atoms. The fourth-order valence-electron chi connectivity index (χ4n) is 1.36. The van der Waals surface area contributed by atoms with Gasteiger partial charge in [-0.3, -0.25) is 9.63 Å². The van der Waals surface area contributed by atoms with Crippen LogP contribution in [0.4, 0.5) is 0 Å². The smallest absolute Gasteiger partial charge is 0.274 e. The molecule has 0 aliphatic rings. The van der Waals surface area contributed by atoms with Crippen LogP contribution in [0.15, 0.2) is 24.3 Å².